The van der Waals surface area contributed by atoms with Crippen molar-refractivity contribution in [3.8, 4) is 0 Å². The van der Waals surface area contributed by atoms with E-state index in [0.29, 0.717) is 0 Å². The van der Waals surface area contributed by atoms with Crippen molar-refractivity contribution < 1.29 is 4.79 Å². The molecule has 2 amide bonds. The Labute approximate surface area is 88.2 Å². The summed E-state index contributed by atoms with van der Waals surface area (Å²) in [5.74, 6) is 0. The van der Waals surface area contributed by atoms with Crippen molar-refractivity contribution in [1.29, 1.82) is 0 Å². The van der Waals surface area contributed by atoms with Crippen LogP contribution in [0, 0.1) is 0 Å². The molecule has 0 aromatic rings. The van der Waals surface area contributed by atoms with Crippen LogP contribution in [0.5, 0.6) is 0 Å². The van der Waals surface area contributed by atoms with E-state index in [1.807, 2.05) is 11.9 Å². The predicted molar refractivity (Wildman–Crippen MR) is 57.2 cm³/mol. The van der Waals surface area contributed by atoms with Crippen LogP contribution in [0.25, 0.3) is 0 Å². The lowest BCUT2D eigenvalue weighted by Gasteiger charge is -2.15. The van der Waals surface area contributed by atoms with Gasteiger partial charge >= 0.3 is 6.03 Å². The highest BCUT2D eigenvalue weighted by molar-refractivity contribution is 9.09. The molecular formula is C9H17BrN2O. The van der Waals surface area contributed by atoms with Gasteiger partial charge in [0.15, 0.2) is 0 Å². The number of hydrogen-bond donors (Lipinski definition) is 0. The summed E-state index contributed by atoms with van der Waals surface area (Å²) in [7, 11) is 1.86. The fraction of sp³-hybridized carbons (Fsp3) is 0.889. The Kier molecular flexibility index (Phi) is 4.56. The molecule has 1 aliphatic heterocycles. The number of amides is 2. The van der Waals surface area contributed by atoms with E-state index < -0.39 is 0 Å². The number of carbonyl (C=O) groups excluding carboxylic acids is 1. The van der Waals surface area contributed by atoms with E-state index in [9.17, 15) is 4.79 Å². The molecule has 0 radical (unpaired) electrons. The van der Waals surface area contributed by atoms with Gasteiger partial charge in [-0.1, -0.05) is 22.4 Å². The zero-order valence-electron chi connectivity index (χ0n) is 8.13. The highest BCUT2D eigenvalue weighted by Gasteiger charge is 2.23. The predicted octanol–water partition coefficient (Wildman–Crippen LogP) is 1.92. The van der Waals surface area contributed by atoms with Crippen molar-refractivity contribution in [3.05, 3.63) is 0 Å². The quantitative estimate of drug-likeness (QED) is 0.539. The van der Waals surface area contributed by atoms with Crippen molar-refractivity contribution >= 4 is 22.0 Å². The number of hydrogen-bond acceptors (Lipinski definition) is 1. The maximum absolute atomic E-state index is 11.4. The van der Waals surface area contributed by atoms with E-state index >= 15 is 0 Å². The number of nitrogens with zero attached hydrogens (tertiary/aromatic N) is 2. The van der Waals surface area contributed by atoms with E-state index in [0.717, 1.165) is 31.4 Å². The van der Waals surface area contributed by atoms with Gasteiger partial charge in [-0.25, -0.2) is 4.79 Å². The maximum atomic E-state index is 11.4. The van der Waals surface area contributed by atoms with Gasteiger partial charge in [-0.3, -0.25) is 0 Å². The summed E-state index contributed by atoms with van der Waals surface area (Å²) in [5.41, 5.74) is 0. The summed E-state index contributed by atoms with van der Waals surface area (Å²) in [4.78, 5) is 15.1. The molecule has 0 aromatic heterocycles. The molecule has 0 spiro atoms. The number of urea groups is 1. The smallest absolute Gasteiger partial charge is 0.319 e. The first-order valence-corrected chi connectivity index (χ1v) is 5.94. The van der Waals surface area contributed by atoms with Gasteiger partial charge < -0.3 is 9.80 Å². The molecule has 0 aliphatic carbocycles. The van der Waals surface area contributed by atoms with Crippen molar-refractivity contribution in [2.75, 3.05) is 32.0 Å². The van der Waals surface area contributed by atoms with E-state index in [4.69, 9.17) is 0 Å². The van der Waals surface area contributed by atoms with Crippen molar-refractivity contribution in [2.24, 2.45) is 0 Å². The van der Waals surface area contributed by atoms with Crippen LogP contribution in [0.2, 0.25) is 0 Å². The molecule has 0 saturated carbocycles. The number of halogens is 1. The third-order valence-electron chi connectivity index (χ3n) is 2.36. The first kappa shape index (κ1) is 10.8. The fourth-order valence-corrected chi connectivity index (χ4v) is 1.88. The lowest BCUT2D eigenvalue weighted by molar-refractivity contribution is 0.198. The zero-order chi connectivity index (χ0) is 9.68. The van der Waals surface area contributed by atoms with Crippen molar-refractivity contribution in [2.45, 2.75) is 19.3 Å². The van der Waals surface area contributed by atoms with Crippen LogP contribution in [0.4, 0.5) is 4.79 Å². The van der Waals surface area contributed by atoms with Crippen LogP contribution in [0.3, 0.4) is 0 Å². The van der Waals surface area contributed by atoms with Crippen molar-refractivity contribution in [3.63, 3.8) is 0 Å². The van der Waals surface area contributed by atoms with Gasteiger partial charge in [-0.2, -0.15) is 0 Å². The normalized spacial score (nSPS) is 17.2. The average molecular weight is 249 g/mol. The fourth-order valence-electron chi connectivity index (χ4n) is 1.48. The highest BCUT2D eigenvalue weighted by atomic mass is 79.9. The van der Waals surface area contributed by atoms with Gasteiger partial charge in [0.05, 0.1) is 0 Å². The van der Waals surface area contributed by atoms with Gasteiger partial charge in [-0.05, 0) is 12.8 Å². The molecule has 0 N–H and O–H groups in total. The third-order valence-corrected chi connectivity index (χ3v) is 2.92. The Morgan fingerprint density at radius 3 is 2.62 bits per heavy atom. The second kappa shape index (κ2) is 5.47. The summed E-state index contributed by atoms with van der Waals surface area (Å²) in [6, 6.07) is 0.193. The lowest BCUT2D eigenvalue weighted by Crippen LogP contribution is -2.30. The van der Waals surface area contributed by atoms with Gasteiger partial charge in [0.1, 0.15) is 0 Å². The first-order valence-electron chi connectivity index (χ1n) is 4.81. The molecule has 3 nitrogen and oxygen atoms in total. The monoisotopic (exact) mass is 248 g/mol. The summed E-state index contributed by atoms with van der Waals surface area (Å²) < 4.78 is 0. The Hall–Kier alpha value is -0.250. The zero-order valence-corrected chi connectivity index (χ0v) is 9.72. The Morgan fingerprint density at radius 1 is 1.31 bits per heavy atom. The largest absolute Gasteiger partial charge is 0.326 e. The van der Waals surface area contributed by atoms with Crippen LogP contribution >= 0.6 is 15.9 Å². The number of rotatable bonds is 5. The Balaban J connectivity index is 2.12. The summed E-state index contributed by atoms with van der Waals surface area (Å²) >= 11 is 3.40. The topological polar surface area (TPSA) is 23.6 Å². The van der Waals surface area contributed by atoms with Crippen LogP contribution in [0.1, 0.15) is 19.3 Å². The first-order chi connectivity index (χ1) is 6.25. The SMILES string of the molecule is CN1CCN(CCCCCBr)C1=O. The average Bonchev–Trinajstić information content (AvgIpc) is 2.43. The van der Waals surface area contributed by atoms with Gasteiger partial charge in [-0.15, -0.1) is 0 Å². The number of likely N-dealkylation sites (N-methyl/N-ethyl adjacent to an activating group) is 1. The lowest BCUT2D eigenvalue weighted by atomic mass is 10.2. The van der Waals surface area contributed by atoms with Gasteiger partial charge in [0.25, 0.3) is 0 Å². The molecule has 0 bridgehead atoms. The Morgan fingerprint density at radius 2 is 2.08 bits per heavy atom. The molecule has 1 heterocycles. The molecule has 13 heavy (non-hydrogen) atoms. The molecule has 1 saturated heterocycles. The molecule has 0 unspecified atom stereocenters. The number of alkyl halides is 1. The molecule has 1 rings (SSSR count). The molecule has 1 aliphatic rings. The molecular weight excluding hydrogens is 232 g/mol. The van der Waals surface area contributed by atoms with Crippen LogP contribution < -0.4 is 0 Å². The van der Waals surface area contributed by atoms with Gasteiger partial charge in [0, 0.05) is 32.0 Å². The Bertz CT molecular complexity index is 175. The second-order valence-electron chi connectivity index (χ2n) is 3.44. The van der Waals surface area contributed by atoms with E-state index in [2.05, 4.69) is 15.9 Å². The minimum atomic E-state index is 0.193. The molecule has 0 atom stereocenters. The number of carbonyl (C=O) groups is 1. The van der Waals surface area contributed by atoms with Crippen molar-refractivity contribution in [1.82, 2.24) is 9.80 Å². The second-order valence-corrected chi connectivity index (χ2v) is 4.23. The molecule has 76 valence electrons. The highest BCUT2D eigenvalue weighted by Crippen LogP contribution is 2.08. The van der Waals surface area contributed by atoms with Crippen LogP contribution in [-0.4, -0.2) is 47.8 Å². The van der Waals surface area contributed by atoms with Crippen LogP contribution in [-0.2, 0) is 0 Å². The molecule has 0 aromatic carbocycles. The third kappa shape index (κ3) is 3.18. The molecule has 4 heteroatoms. The standard InChI is InChI=1S/C9H17BrN2O/c1-11-7-8-12(9(11)13)6-4-2-3-5-10/h2-8H2,1H3. The minimum absolute atomic E-state index is 0.193. The summed E-state index contributed by atoms with van der Waals surface area (Å²) in [6.45, 7) is 2.72. The summed E-state index contributed by atoms with van der Waals surface area (Å²) in [6.07, 6.45) is 3.54. The van der Waals surface area contributed by atoms with E-state index in [1.165, 1.54) is 12.8 Å². The van der Waals surface area contributed by atoms with E-state index in [1.54, 1.807) is 4.90 Å². The number of unbranched alkanes of at least 4 members (excludes halogenated alkanes) is 2. The van der Waals surface area contributed by atoms with Gasteiger partial charge in [0.2, 0.25) is 0 Å². The summed E-state index contributed by atoms with van der Waals surface area (Å²) in [5, 5.41) is 1.07. The minimum Gasteiger partial charge on any atom is -0.326 e. The van der Waals surface area contributed by atoms with Crippen LogP contribution in [0.15, 0.2) is 0 Å². The maximum Gasteiger partial charge on any atom is 0.319 e. The molecule has 1 fully saturated rings. The van der Waals surface area contributed by atoms with E-state index in [-0.39, 0.29) is 6.03 Å².